The average molecular weight is 387 g/mol. The Morgan fingerprint density at radius 1 is 1.29 bits per heavy atom. The summed E-state index contributed by atoms with van der Waals surface area (Å²) in [5.74, 6) is -2.15. The molecule has 7 heteroatoms. The summed E-state index contributed by atoms with van der Waals surface area (Å²) in [5, 5.41) is 3.20. The Balaban J connectivity index is 2.16. The zero-order chi connectivity index (χ0) is 20.6. The Morgan fingerprint density at radius 3 is 2.57 bits per heavy atom. The molecule has 2 aliphatic rings. The van der Waals surface area contributed by atoms with E-state index in [0.717, 1.165) is 0 Å². The highest BCUT2D eigenvalue weighted by Gasteiger charge is 2.48. The van der Waals surface area contributed by atoms with E-state index in [0.29, 0.717) is 40.5 Å². The van der Waals surface area contributed by atoms with Gasteiger partial charge in [0.15, 0.2) is 5.78 Å². The van der Waals surface area contributed by atoms with Crippen LogP contribution in [0.1, 0.15) is 44.6 Å². The number of carbonyl (C=O) groups excluding carboxylic acids is 3. The normalized spacial score (nSPS) is 24.6. The highest BCUT2D eigenvalue weighted by molar-refractivity contribution is 6.12. The van der Waals surface area contributed by atoms with Gasteiger partial charge >= 0.3 is 11.9 Å². The van der Waals surface area contributed by atoms with Crippen molar-refractivity contribution in [2.24, 2.45) is 11.8 Å². The number of carbonyl (C=O) groups is 3. The van der Waals surface area contributed by atoms with Crippen molar-refractivity contribution in [3.8, 4) is 0 Å². The van der Waals surface area contributed by atoms with Crippen LogP contribution in [0.25, 0.3) is 0 Å². The number of ether oxygens (including phenoxy) is 2. The van der Waals surface area contributed by atoms with Crippen LogP contribution < -0.4 is 5.32 Å². The number of dihydropyridines is 1. The molecule has 0 amide bonds. The van der Waals surface area contributed by atoms with Crippen LogP contribution in [-0.4, -0.2) is 31.4 Å². The molecule has 0 unspecified atom stereocenters. The number of Topliss-reactive ketones (excluding diaryl/α,β-unsaturated/α-hetero) is 1. The molecular formula is C21H25NO6. The molecule has 2 heterocycles. The van der Waals surface area contributed by atoms with Crippen molar-refractivity contribution < 1.29 is 28.3 Å². The van der Waals surface area contributed by atoms with E-state index >= 15 is 0 Å². The number of rotatable bonds is 4. The minimum absolute atomic E-state index is 0.210. The van der Waals surface area contributed by atoms with Gasteiger partial charge in [-0.25, -0.2) is 4.79 Å². The Hall–Kier alpha value is -2.83. The van der Waals surface area contributed by atoms with Crippen molar-refractivity contribution in [3.63, 3.8) is 0 Å². The lowest BCUT2D eigenvalue weighted by Gasteiger charge is -2.37. The molecule has 0 aromatic carbocycles. The van der Waals surface area contributed by atoms with Crippen molar-refractivity contribution >= 4 is 17.7 Å². The zero-order valence-electron chi connectivity index (χ0n) is 16.8. The van der Waals surface area contributed by atoms with E-state index in [9.17, 15) is 14.4 Å². The molecule has 1 N–H and O–H groups in total. The van der Waals surface area contributed by atoms with E-state index in [1.807, 2.05) is 6.92 Å². The van der Waals surface area contributed by atoms with E-state index in [1.54, 1.807) is 32.9 Å². The van der Waals surface area contributed by atoms with Crippen LogP contribution in [0, 0.1) is 18.8 Å². The van der Waals surface area contributed by atoms with E-state index in [-0.39, 0.29) is 18.3 Å². The largest absolute Gasteiger partial charge is 0.468 e. The molecule has 0 spiro atoms. The third-order valence-electron chi connectivity index (χ3n) is 5.28. The lowest BCUT2D eigenvalue weighted by atomic mass is 9.70. The summed E-state index contributed by atoms with van der Waals surface area (Å²) in [4.78, 5) is 38.4. The minimum atomic E-state index is -0.911. The van der Waals surface area contributed by atoms with Crippen LogP contribution in [0.2, 0.25) is 0 Å². The number of ketones is 1. The molecule has 1 aromatic rings. The Bertz CT molecular complexity index is 890. The topological polar surface area (TPSA) is 94.8 Å². The third-order valence-corrected chi connectivity index (χ3v) is 5.28. The number of nitrogens with one attached hydrogen (secondary N) is 1. The number of methoxy groups -OCH3 is 1. The van der Waals surface area contributed by atoms with Gasteiger partial charge in [0.1, 0.15) is 17.4 Å². The Labute approximate surface area is 163 Å². The van der Waals surface area contributed by atoms with Crippen LogP contribution in [0.3, 0.4) is 0 Å². The summed E-state index contributed by atoms with van der Waals surface area (Å²) in [6.45, 7) is 7.35. The summed E-state index contributed by atoms with van der Waals surface area (Å²) in [6.07, 6.45) is 0.491. The molecule has 150 valence electrons. The molecule has 1 aliphatic carbocycles. The van der Waals surface area contributed by atoms with Crippen LogP contribution in [0.5, 0.6) is 0 Å². The maximum Gasteiger partial charge on any atom is 0.336 e. The fraction of sp³-hybridized carbons (Fsp3) is 0.476. The first kappa shape index (κ1) is 19.9. The smallest absolute Gasteiger partial charge is 0.336 e. The van der Waals surface area contributed by atoms with E-state index in [2.05, 4.69) is 5.32 Å². The molecule has 0 saturated carbocycles. The van der Waals surface area contributed by atoms with Gasteiger partial charge in [0.05, 0.1) is 25.2 Å². The highest BCUT2D eigenvalue weighted by atomic mass is 16.5. The van der Waals surface area contributed by atoms with Gasteiger partial charge < -0.3 is 19.2 Å². The van der Waals surface area contributed by atoms with Crippen molar-refractivity contribution in [2.45, 2.75) is 40.0 Å². The zero-order valence-corrected chi connectivity index (χ0v) is 16.8. The molecule has 3 rings (SSSR count). The standard InChI is InChI=1S/C21H25NO6/c1-6-27-21(25)16-12(4)22-13-9-10(2)15(20(24)26-5)19(23)17(13)18(16)14-8-7-11(3)28-14/h7-8,10,15,18,22H,6,9H2,1-5H3/t10-,15+,18+/m0/s1. The fourth-order valence-electron chi connectivity index (χ4n) is 4.05. The average Bonchev–Trinajstić information content (AvgIpc) is 3.06. The van der Waals surface area contributed by atoms with Crippen LogP contribution in [0.15, 0.2) is 39.1 Å². The van der Waals surface area contributed by atoms with Crippen LogP contribution >= 0.6 is 0 Å². The van der Waals surface area contributed by atoms with Gasteiger partial charge in [-0.1, -0.05) is 6.92 Å². The van der Waals surface area contributed by atoms with Gasteiger partial charge in [0.2, 0.25) is 0 Å². The van der Waals surface area contributed by atoms with Crippen molar-refractivity contribution in [2.75, 3.05) is 13.7 Å². The number of allylic oxidation sites excluding steroid dienone is 3. The molecule has 7 nitrogen and oxygen atoms in total. The Morgan fingerprint density at radius 2 is 2.00 bits per heavy atom. The molecule has 0 bridgehead atoms. The summed E-state index contributed by atoms with van der Waals surface area (Å²) < 4.78 is 15.9. The van der Waals surface area contributed by atoms with Crippen LogP contribution in [0.4, 0.5) is 0 Å². The fourth-order valence-corrected chi connectivity index (χ4v) is 4.05. The number of esters is 2. The van der Waals surface area contributed by atoms with Crippen molar-refractivity contribution in [1.82, 2.24) is 5.32 Å². The molecule has 28 heavy (non-hydrogen) atoms. The lowest BCUT2D eigenvalue weighted by molar-refractivity contribution is -0.151. The monoisotopic (exact) mass is 387 g/mol. The lowest BCUT2D eigenvalue weighted by Crippen LogP contribution is -2.43. The summed E-state index contributed by atoms with van der Waals surface area (Å²) in [7, 11) is 1.27. The molecule has 3 atom stereocenters. The Kier molecular flexibility index (Phi) is 5.45. The minimum Gasteiger partial charge on any atom is -0.468 e. The second-order valence-electron chi connectivity index (χ2n) is 7.20. The van der Waals surface area contributed by atoms with Gasteiger partial charge in [-0.3, -0.25) is 9.59 Å². The first-order chi connectivity index (χ1) is 13.3. The summed E-state index contributed by atoms with van der Waals surface area (Å²) in [6, 6.07) is 3.53. The summed E-state index contributed by atoms with van der Waals surface area (Å²) >= 11 is 0. The maximum atomic E-state index is 13.4. The number of aryl methyl sites for hydroxylation is 1. The molecule has 0 saturated heterocycles. The van der Waals surface area contributed by atoms with Crippen molar-refractivity contribution in [3.05, 3.63) is 46.2 Å². The van der Waals surface area contributed by atoms with Gasteiger partial charge in [0, 0.05) is 17.0 Å². The molecule has 1 aliphatic heterocycles. The van der Waals surface area contributed by atoms with E-state index in [4.69, 9.17) is 13.9 Å². The predicted molar refractivity (Wildman–Crippen MR) is 100.0 cm³/mol. The number of furan rings is 1. The molecular weight excluding hydrogens is 362 g/mol. The first-order valence-corrected chi connectivity index (χ1v) is 9.36. The predicted octanol–water partition coefficient (Wildman–Crippen LogP) is 2.76. The van der Waals surface area contributed by atoms with E-state index < -0.39 is 23.8 Å². The van der Waals surface area contributed by atoms with Crippen molar-refractivity contribution in [1.29, 1.82) is 0 Å². The summed E-state index contributed by atoms with van der Waals surface area (Å²) in [5.41, 5.74) is 2.02. The first-order valence-electron chi connectivity index (χ1n) is 9.36. The maximum absolute atomic E-state index is 13.4. The second kappa shape index (κ2) is 7.66. The van der Waals surface area contributed by atoms with Gasteiger partial charge in [-0.2, -0.15) is 0 Å². The number of hydrogen-bond acceptors (Lipinski definition) is 7. The third kappa shape index (κ3) is 3.25. The van der Waals surface area contributed by atoms with Gasteiger partial charge in [0.25, 0.3) is 0 Å². The quantitative estimate of drug-likeness (QED) is 0.627. The molecule has 1 aromatic heterocycles. The van der Waals surface area contributed by atoms with Gasteiger partial charge in [-0.05, 0) is 45.2 Å². The van der Waals surface area contributed by atoms with Gasteiger partial charge in [-0.15, -0.1) is 0 Å². The molecule has 0 radical (unpaired) electrons. The van der Waals surface area contributed by atoms with Crippen LogP contribution in [-0.2, 0) is 23.9 Å². The molecule has 0 fully saturated rings. The van der Waals surface area contributed by atoms with E-state index in [1.165, 1.54) is 7.11 Å². The second-order valence-corrected chi connectivity index (χ2v) is 7.20. The SMILES string of the molecule is CCOC(=O)C1=C(C)NC2=C(C(=O)[C@H](C(=O)OC)[C@@H](C)C2)[C@@H]1c1ccc(C)o1. The number of hydrogen-bond donors (Lipinski definition) is 1. The highest BCUT2D eigenvalue weighted by Crippen LogP contribution is 2.45.